The largest absolute Gasteiger partial charge is 0.481 e. The Labute approximate surface area is 127 Å². The highest BCUT2D eigenvalue weighted by atomic mass is 16.4. The molecule has 0 bridgehead atoms. The van der Waals surface area contributed by atoms with Crippen LogP contribution in [0.25, 0.3) is 0 Å². The maximum atomic E-state index is 12.3. The van der Waals surface area contributed by atoms with Crippen LogP contribution in [0, 0.1) is 17.3 Å². The lowest BCUT2D eigenvalue weighted by molar-refractivity contribution is -0.150. The standard InChI is InChI=1S/C16H28N2O3/c1-12-6-9-18(10-13(12)2)15(21)17-11-16(14(19)20)7-4-3-5-8-16/h12-13H,3-11H2,1-2H3,(H,17,21)(H,19,20). The molecule has 0 aromatic heterocycles. The maximum Gasteiger partial charge on any atom is 0.317 e. The molecule has 0 aromatic carbocycles. The van der Waals surface area contributed by atoms with Crippen LogP contribution in [0.2, 0.25) is 0 Å². The topological polar surface area (TPSA) is 69.6 Å². The van der Waals surface area contributed by atoms with Crippen molar-refractivity contribution in [2.45, 2.75) is 52.4 Å². The Hall–Kier alpha value is -1.26. The Morgan fingerprint density at radius 1 is 1.19 bits per heavy atom. The van der Waals surface area contributed by atoms with Crippen LogP contribution in [0.5, 0.6) is 0 Å². The number of hydrogen-bond acceptors (Lipinski definition) is 2. The summed E-state index contributed by atoms with van der Waals surface area (Å²) in [7, 11) is 0. The van der Waals surface area contributed by atoms with Crippen LogP contribution in [0.3, 0.4) is 0 Å². The van der Waals surface area contributed by atoms with Gasteiger partial charge in [0, 0.05) is 19.6 Å². The van der Waals surface area contributed by atoms with Crippen LogP contribution < -0.4 is 5.32 Å². The highest BCUT2D eigenvalue weighted by Gasteiger charge is 2.40. The van der Waals surface area contributed by atoms with Crippen molar-refractivity contribution < 1.29 is 14.7 Å². The monoisotopic (exact) mass is 296 g/mol. The third-order valence-corrected chi connectivity index (χ3v) is 5.46. The molecule has 5 heteroatoms. The molecule has 2 N–H and O–H groups in total. The summed E-state index contributed by atoms with van der Waals surface area (Å²) in [5.74, 6) is 0.397. The summed E-state index contributed by atoms with van der Waals surface area (Å²) in [6.45, 7) is 6.21. The Bertz CT molecular complexity index is 391. The number of carboxylic acids is 1. The van der Waals surface area contributed by atoms with Gasteiger partial charge >= 0.3 is 12.0 Å². The van der Waals surface area contributed by atoms with Gasteiger partial charge in [0.05, 0.1) is 5.41 Å². The Morgan fingerprint density at radius 3 is 2.43 bits per heavy atom. The molecule has 1 aliphatic carbocycles. The van der Waals surface area contributed by atoms with Crippen molar-refractivity contribution in [1.29, 1.82) is 0 Å². The average Bonchev–Trinajstić information content (AvgIpc) is 2.48. The molecule has 21 heavy (non-hydrogen) atoms. The molecule has 0 radical (unpaired) electrons. The van der Waals surface area contributed by atoms with Crippen molar-refractivity contribution in [2.24, 2.45) is 17.3 Å². The molecule has 0 spiro atoms. The van der Waals surface area contributed by atoms with Gasteiger partial charge in [0.15, 0.2) is 0 Å². The molecule has 1 heterocycles. The van der Waals surface area contributed by atoms with Crippen LogP contribution in [0.4, 0.5) is 4.79 Å². The molecule has 1 saturated heterocycles. The molecule has 2 atom stereocenters. The van der Waals surface area contributed by atoms with E-state index in [1.54, 1.807) is 0 Å². The van der Waals surface area contributed by atoms with Gasteiger partial charge in [-0.3, -0.25) is 4.79 Å². The van der Waals surface area contributed by atoms with Crippen LogP contribution in [0.1, 0.15) is 52.4 Å². The van der Waals surface area contributed by atoms with Crippen LogP contribution >= 0.6 is 0 Å². The van der Waals surface area contributed by atoms with Gasteiger partial charge in [-0.1, -0.05) is 33.1 Å². The summed E-state index contributed by atoms with van der Waals surface area (Å²) in [4.78, 5) is 25.7. The van der Waals surface area contributed by atoms with E-state index in [-0.39, 0.29) is 12.6 Å². The number of aliphatic carboxylic acids is 1. The molecule has 0 aromatic rings. The van der Waals surface area contributed by atoms with Gasteiger partial charge in [-0.15, -0.1) is 0 Å². The van der Waals surface area contributed by atoms with E-state index in [1.807, 2.05) is 4.90 Å². The van der Waals surface area contributed by atoms with Crippen molar-refractivity contribution in [3.63, 3.8) is 0 Å². The lowest BCUT2D eigenvalue weighted by Gasteiger charge is -2.37. The van der Waals surface area contributed by atoms with Crippen molar-refractivity contribution in [1.82, 2.24) is 10.2 Å². The molecule has 2 amide bonds. The van der Waals surface area contributed by atoms with Crippen molar-refractivity contribution in [3.05, 3.63) is 0 Å². The van der Waals surface area contributed by atoms with Crippen molar-refractivity contribution >= 4 is 12.0 Å². The zero-order valence-corrected chi connectivity index (χ0v) is 13.2. The molecule has 1 aliphatic heterocycles. The van der Waals surface area contributed by atoms with Gasteiger partial charge in [-0.25, -0.2) is 4.79 Å². The molecule has 5 nitrogen and oxygen atoms in total. The Kier molecular flexibility index (Phi) is 5.12. The SMILES string of the molecule is CC1CCN(C(=O)NCC2(C(=O)O)CCCCC2)CC1C. The van der Waals surface area contributed by atoms with Gasteiger partial charge in [0.2, 0.25) is 0 Å². The first-order chi connectivity index (χ1) is 9.94. The predicted molar refractivity (Wildman–Crippen MR) is 81.1 cm³/mol. The highest BCUT2D eigenvalue weighted by Crippen LogP contribution is 2.36. The van der Waals surface area contributed by atoms with Crippen LogP contribution in [-0.4, -0.2) is 41.6 Å². The first-order valence-electron chi connectivity index (χ1n) is 8.21. The summed E-state index contributed by atoms with van der Waals surface area (Å²) in [5.41, 5.74) is -0.747. The minimum atomic E-state index is -0.761. The highest BCUT2D eigenvalue weighted by molar-refractivity contribution is 5.78. The number of hydrogen-bond donors (Lipinski definition) is 2. The first kappa shape index (κ1) is 16.1. The number of nitrogens with zero attached hydrogens (tertiary/aromatic N) is 1. The van der Waals surface area contributed by atoms with Crippen molar-refractivity contribution in [3.8, 4) is 0 Å². The second-order valence-electron chi connectivity index (χ2n) is 6.99. The van der Waals surface area contributed by atoms with E-state index in [4.69, 9.17) is 0 Å². The number of amides is 2. The second-order valence-corrected chi connectivity index (χ2v) is 6.99. The molecule has 2 rings (SSSR count). The minimum absolute atomic E-state index is 0.0973. The van der Waals surface area contributed by atoms with E-state index < -0.39 is 11.4 Å². The quantitative estimate of drug-likeness (QED) is 0.841. The van der Waals surface area contributed by atoms with E-state index in [1.165, 1.54) is 0 Å². The van der Waals surface area contributed by atoms with Gasteiger partial charge in [0.1, 0.15) is 0 Å². The van der Waals surface area contributed by atoms with Gasteiger partial charge in [-0.05, 0) is 31.1 Å². The summed E-state index contributed by atoms with van der Waals surface area (Å²) < 4.78 is 0. The lowest BCUT2D eigenvalue weighted by atomic mass is 9.74. The molecule has 1 saturated carbocycles. The summed E-state index contributed by atoms with van der Waals surface area (Å²) in [5, 5.41) is 12.4. The summed E-state index contributed by atoms with van der Waals surface area (Å²) in [6.07, 6.45) is 5.37. The smallest absolute Gasteiger partial charge is 0.317 e. The number of rotatable bonds is 3. The molecule has 2 fully saturated rings. The third kappa shape index (κ3) is 3.69. The van der Waals surface area contributed by atoms with Gasteiger partial charge in [-0.2, -0.15) is 0 Å². The lowest BCUT2D eigenvalue weighted by Crippen LogP contribution is -2.51. The van der Waals surface area contributed by atoms with E-state index >= 15 is 0 Å². The fraction of sp³-hybridized carbons (Fsp3) is 0.875. The van der Waals surface area contributed by atoms with Crippen LogP contribution in [0.15, 0.2) is 0 Å². The van der Waals surface area contributed by atoms with Crippen LogP contribution in [-0.2, 0) is 4.79 Å². The van der Waals surface area contributed by atoms with E-state index in [9.17, 15) is 14.7 Å². The van der Waals surface area contributed by atoms with E-state index in [0.29, 0.717) is 24.7 Å². The summed E-state index contributed by atoms with van der Waals surface area (Å²) in [6, 6.07) is -0.0973. The zero-order valence-electron chi connectivity index (χ0n) is 13.2. The average molecular weight is 296 g/mol. The second kappa shape index (κ2) is 6.67. The number of nitrogens with one attached hydrogen (secondary N) is 1. The number of piperidine rings is 1. The fourth-order valence-electron chi connectivity index (χ4n) is 3.50. The minimum Gasteiger partial charge on any atom is -0.481 e. The molecule has 2 unspecified atom stereocenters. The molecule has 120 valence electrons. The first-order valence-corrected chi connectivity index (χ1v) is 8.21. The number of carbonyl (C=O) groups is 2. The number of carboxylic acid groups (broad SMARTS) is 1. The molecular formula is C16H28N2O3. The molecular weight excluding hydrogens is 268 g/mol. The maximum absolute atomic E-state index is 12.3. The van der Waals surface area contributed by atoms with Gasteiger partial charge in [0.25, 0.3) is 0 Å². The third-order valence-electron chi connectivity index (χ3n) is 5.46. The summed E-state index contributed by atoms with van der Waals surface area (Å²) >= 11 is 0. The van der Waals surface area contributed by atoms with E-state index in [2.05, 4.69) is 19.2 Å². The van der Waals surface area contributed by atoms with E-state index in [0.717, 1.165) is 38.8 Å². The number of likely N-dealkylation sites (tertiary alicyclic amines) is 1. The fourth-order valence-corrected chi connectivity index (χ4v) is 3.50. The number of carbonyl (C=O) groups excluding carboxylic acids is 1. The predicted octanol–water partition coefficient (Wildman–Crippen LogP) is 2.71. The Morgan fingerprint density at radius 2 is 1.86 bits per heavy atom. The zero-order chi connectivity index (χ0) is 15.5. The molecule has 2 aliphatic rings. The van der Waals surface area contributed by atoms with Gasteiger partial charge < -0.3 is 15.3 Å². The normalized spacial score (nSPS) is 29.0. The van der Waals surface area contributed by atoms with Crippen molar-refractivity contribution in [2.75, 3.05) is 19.6 Å². The number of urea groups is 1. The Balaban J connectivity index is 1.89.